The van der Waals surface area contributed by atoms with E-state index in [2.05, 4.69) is 56.4 Å². The van der Waals surface area contributed by atoms with Gasteiger partial charge in [0, 0.05) is 16.4 Å². The summed E-state index contributed by atoms with van der Waals surface area (Å²) >= 11 is 3.53. The third-order valence-corrected chi connectivity index (χ3v) is 4.31. The summed E-state index contributed by atoms with van der Waals surface area (Å²) in [6.45, 7) is 4.35. The molecule has 3 rings (SSSR count). The molecule has 0 saturated heterocycles. The van der Waals surface area contributed by atoms with Crippen molar-refractivity contribution in [2.75, 3.05) is 10.6 Å². The largest absolute Gasteiger partial charge is 0.339 e. The van der Waals surface area contributed by atoms with Gasteiger partial charge in [-0.3, -0.25) is 0 Å². The van der Waals surface area contributed by atoms with E-state index in [0.29, 0.717) is 11.9 Å². The number of hydrogen-bond acceptors (Lipinski definition) is 4. The predicted octanol–water partition coefficient (Wildman–Crippen LogP) is 5.85. The highest BCUT2D eigenvalue weighted by Gasteiger charge is 2.08. The van der Waals surface area contributed by atoms with Crippen molar-refractivity contribution in [3.05, 3.63) is 70.8 Å². The topological polar surface area (TPSA) is 49.8 Å². The van der Waals surface area contributed by atoms with Crippen molar-refractivity contribution >= 4 is 39.1 Å². The lowest BCUT2D eigenvalue weighted by Crippen LogP contribution is -2.03. The SMILES string of the molecule is CC(C)c1ccccc1Nc1nccc(Nc2ccccc2Br)n1. The zero-order chi connectivity index (χ0) is 16.9. The highest BCUT2D eigenvalue weighted by Crippen LogP contribution is 2.27. The van der Waals surface area contributed by atoms with Crippen LogP contribution in [0.5, 0.6) is 0 Å². The number of anilines is 4. The van der Waals surface area contributed by atoms with Crippen LogP contribution in [0.2, 0.25) is 0 Å². The number of nitrogens with one attached hydrogen (secondary N) is 2. The van der Waals surface area contributed by atoms with E-state index in [4.69, 9.17) is 0 Å². The summed E-state index contributed by atoms with van der Waals surface area (Å²) in [5.74, 6) is 1.73. The van der Waals surface area contributed by atoms with Gasteiger partial charge in [-0.25, -0.2) is 4.98 Å². The van der Waals surface area contributed by atoms with Crippen molar-refractivity contribution in [2.24, 2.45) is 0 Å². The monoisotopic (exact) mass is 382 g/mol. The maximum absolute atomic E-state index is 4.55. The second-order valence-electron chi connectivity index (χ2n) is 5.74. The van der Waals surface area contributed by atoms with Crippen molar-refractivity contribution in [3.63, 3.8) is 0 Å². The third kappa shape index (κ3) is 3.92. The van der Waals surface area contributed by atoms with E-state index in [-0.39, 0.29) is 0 Å². The molecule has 0 radical (unpaired) electrons. The molecule has 0 bridgehead atoms. The Hall–Kier alpha value is -2.40. The Kier molecular flexibility index (Phi) is 5.11. The molecule has 122 valence electrons. The molecule has 3 aromatic rings. The second kappa shape index (κ2) is 7.45. The first kappa shape index (κ1) is 16.5. The molecule has 2 N–H and O–H groups in total. The van der Waals surface area contributed by atoms with Gasteiger partial charge in [0.05, 0.1) is 5.69 Å². The van der Waals surface area contributed by atoms with Crippen molar-refractivity contribution in [1.82, 2.24) is 9.97 Å². The summed E-state index contributed by atoms with van der Waals surface area (Å²) in [5, 5.41) is 6.62. The van der Waals surface area contributed by atoms with Crippen molar-refractivity contribution in [2.45, 2.75) is 19.8 Å². The summed E-state index contributed by atoms with van der Waals surface area (Å²) in [6, 6.07) is 18.0. The summed E-state index contributed by atoms with van der Waals surface area (Å²) in [4.78, 5) is 8.88. The van der Waals surface area contributed by atoms with Crippen LogP contribution in [0.15, 0.2) is 65.3 Å². The minimum Gasteiger partial charge on any atom is -0.339 e. The van der Waals surface area contributed by atoms with Gasteiger partial charge < -0.3 is 10.6 Å². The molecular weight excluding hydrogens is 364 g/mol. The predicted molar refractivity (Wildman–Crippen MR) is 103 cm³/mol. The van der Waals surface area contributed by atoms with Crippen molar-refractivity contribution in [3.8, 4) is 0 Å². The Bertz CT molecular complexity index is 833. The third-order valence-electron chi connectivity index (χ3n) is 3.62. The van der Waals surface area contributed by atoms with E-state index in [9.17, 15) is 0 Å². The second-order valence-corrected chi connectivity index (χ2v) is 6.59. The summed E-state index contributed by atoms with van der Waals surface area (Å²) in [6.07, 6.45) is 1.74. The first-order valence-electron chi connectivity index (χ1n) is 7.84. The standard InChI is InChI=1S/C19H19BrN4/c1-13(2)14-7-3-5-9-16(14)23-19-21-12-11-18(24-19)22-17-10-6-4-8-15(17)20/h3-13H,1-2H3,(H2,21,22,23,24). The Morgan fingerprint density at radius 3 is 2.33 bits per heavy atom. The highest BCUT2D eigenvalue weighted by atomic mass is 79.9. The van der Waals surface area contributed by atoms with Gasteiger partial charge in [0.2, 0.25) is 5.95 Å². The van der Waals surface area contributed by atoms with Gasteiger partial charge in [-0.15, -0.1) is 0 Å². The molecule has 0 aliphatic carbocycles. The van der Waals surface area contributed by atoms with Gasteiger partial charge in [0.25, 0.3) is 0 Å². The van der Waals surface area contributed by atoms with Crippen molar-refractivity contribution < 1.29 is 0 Å². The lowest BCUT2D eigenvalue weighted by molar-refractivity contribution is 0.868. The van der Waals surface area contributed by atoms with Crippen LogP contribution in [0.25, 0.3) is 0 Å². The summed E-state index contributed by atoms with van der Waals surface area (Å²) in [5.41, 5.74) is 3.24. The fourth-order valence-electron chi connectivity index (χ4n) is 2.42. The lowest BCUT2D eigenvalue weighted by atomic mass is 10.0. The Morgan fingerprint density at radius 1 is 0.875 bits per heavy atom. The smallest absolute Gasteiger partial charge is 0.229 e. The number of aromatic nitrogens is 2. The number of benzene rings is 2. The Labute approximate surface area is 150 Å². The number of rotatable bonds is 5. The van der Waals surface area contributed by atoms with Crippen LogP contribution in [0.3, 0.4) is 0 Å². The van der Waals surface area contributed by atoms with Crippen LogP contribution in [-0.2, 0) is 0 Å². The fourth-order valence-corrected chi connectivity index (χ4v) is 2.81. The molecule has 0 aliphatic heterocycles. The lowest BCUT2D eigenvalue weighted by Gasteiger charge is -2.14. The Morgan fingerprint density at radius 2 is 1.58 bits per heavy atom. The highest BCUT2D eigenvalue weighted by molar-refractivity contribution is 9.10. The molecule has 0 unspecified atom stereocenters. The van der Waals surface area contributed by atoms with E-state index >= 15 is 0 Å². The number of hydrogen-bond donors (Lipinski definition) is 2. The summed E-state index contributed by atoms with van der Waals surface area (Å²) in [7, 11) is 0. The molecule has 4 nitrogen and oxygen atoms in total. The maximum Gasteiger partial charge on any atom is 0.229 e. The number of nitrogens with zero attached hydrogens (tertiary/aromatic N) is 2. The van der Waals surface area contributed by atoms with Crippen LogP contribution in [0, 0.1) is 0 Å². The molecule has 1 heterocycles. The van der Waals surface area contributed by atoms with Gasteiger partial charge >= 0.3 is 0 Å². The van der Waals surface area contributed by atoms with Crippen LogP contribution >= 0.6 is 15.9 Å². The van der Waals surface area contributed by atoms with Gasteiger partial charge in [0.15, 0.2) is 0 Å². The minimum absolute atomic E-state index is 0.426. The maximum atomic E-state index is 4.55. The average molecular weight is 383 g/mol. The van der Waals surface area contributed by atoms with E-state index in [1.54, 1.807) is 6.20 Å². The molecular formula is C19H19BrN4. The van der Waals surface area contributed by atoms with Crippen molar-refractivity contribution in [1.29, 1.82) is 0 Å². The molecule has 0 spiro atoms. The number of para-hydroxylation sites is 2. The van der Waals surface area contributed by atoms with Gasteiger partial charge in [0.1, 0.15) is 5.82 Å². The zero-order valence-electron chi connectivity index (χ0n) is 13.6. The molecule has 0 fully saturated rings. The fraction of sp³-hybridized carbons (Fsp3) is 0.158. The van der Waals surface area contributed by atoms with Crippen LogP contribution in [0.4, 0.5) is 23.1 Å². The van der Waals surface area contributed by atoms with Crippen LogP contribution in [0.1, 0.15) is 25.3 Å². The average Bonchev–Trinajstić information content (AvgIpc) is 2.58. The number of halogens is 1. The molecule has 0 saturated carbocycles. The molecule has 0 aliphatic rings. The minimum atomic E-state index is 0.426. The van der Waals surface area contributed by atoms with Gasteiger partial charge in [-0.2, -0.15) is 4.98 Å². The first-order chi connectivity index (χ1) is 11.6. The molecule has 0 amide bonds. The Balaban J connectivity index is 1.83. The zero-order valence-corrected chi connectivity index (χ0v) is 15.2. The molecule has 2 aromatic carbocycles. The molecule has 5 heteroatoms. The van der Waals surface area contributed by atoms with Crippen LogP contribution in [-0.4, -0.2) is 9.97 Å². The van der Waals surface area contributed by atoms with Gasteiger partial charge in [-0.05, 0) is 51.7 Å². The van der Waals surface area contributed by atoms with E-state index in [1.807, 2.05) is 48.5 Å². The normalized spacial score (nSPS) is 10.7. The summed E-state index contributed by atoms with van der Waals surface area (Å²) < 4.78 is 0.989. The molecule has 24 heavy (non-hydrogen) atoms. The van der Waals surface area contributed by atoms with Gasteiger partial charge in [-0.1, -0.05) is 44.2 Å². The van der Waals surface area contributed by atoms with E-state index in [0.717, 1.165) is 21.7 Å². The molecule has 0 atom stereocenters. The van der Waals surface area contributed by atoms with E-state index < -0.39 is 0 Å². The molecule has 1 aromatic heterocycles. The quantitative estimate of drug-likeness (QED) is 0.580. The van der Waals surface area contributed by atoms with E-state index in [1.165, 1.54) is 5.56 Å². The first-order valence-corrected chi connectivity index (χ1v) is 8.63. The van der Waals surface area contributed by atoms with Crippen LogP contribution < -0.4 is 10.6 Å².